The maximum Gasteiger partial charge on any atom is 0.254 e. The van der Waals surface area contributed by atoms with Gasteiger partial charge in [-0.05, 0) is 30.7 Å². The molecule has 0 unspecified atom stereocenters. The van der Waals surface area contributed by atoms with Crippen LogP contribution in [0.15, 0.2) is 34.8 Å². The van der Waals surface area contributed by atoms with Gasteiger partial charge in [0.15, 0.2) is 0 Å². The van der Waals surface area contributed by atoms with E-state index in [-0.39, 0.29) is 5.91 Å². The SMILES string of the molecule is Cc1cc(C(=O)N2CC=CC2)ccc1Br. The Bertz CT molecular complexity index is 418. The summed E-state index contributed by atoms with van der Waals surface area (Å²) in [6.45, 7) is 3.45. The zero-order valence-corrected chi connectivity index (χ0v) is 10.1. The average molecular weight is 266 g/mol. The first-order valence-corrected chi connectivity index (χ1v) is 5.68. The van der Waals surface area contributed by atoms with Gasteiger partial charge in [-0.25, -0.2) is 0 Å². The Morgan fingerprint density at radius 3 is 2.60 bits per heavy atom. The zero-order valence-electron chi connectivity index (χ0n) is 8.53. The summed E-state index contributed by atoms with van der Waals surface area (Å²) in [5.41, 5.74) is 1.85. The lowest BCUT2D eigenvalue weighted by molar-refractivity contribution is 0.0800. The normalized spacial score (nSPS) is 14.7. The maximum absolute atomic E-state index is 12.0. The minimum Gasteiger partial charge on any atom is -0.331 e. The molecule has 0 atom stereocenters. The third-order valence-corrected chi connectivity index (χ3v) is 3.40. The van der Waals surface area contributed by atoms with Crippen LogP contribution in [0.5, 0.6) is 0 Å². The minimum absolute atomic E-state index is 0.107. The third kappa shape index (κ3) is 2.12. The van der Waals surface area contributed by atoms with Crippen LogP contribution in [-0.2, 0) is 0 Å². The molecular weight excluding hydrogens is 254 g/mol. The first kappa shape index (κ1) is 10.4. The Balaban J connectivity index is 2.22. The molecule has 1 amide bonds. The number of hydrogen-bond acceptors (Lipinski definition) is 1. The van der Waals surface area contributed by atoms with Crippen LogP contribution in [-0.4, -0.2) is 23.9 Å². The van der Waals surface area contributed by atoms with Gasteiger partial charge in [-0.2, -0.15) is 0 Å². The van der Waals surface area contributed by atoms with E-state index in [1.54, 1.807) is 0 Å². The molecule has 1 heterocycles. The van der Waals surface area contributed by atoms with Gasteiger partial charge in [0.25, 0.3) is 5.91 Å². The van der Waals surface area contributed by atoms with Gasteiger partial charge in [-0.1, -0.05) is 28.1 Å². The van der Waals surface area contributed by atoms with Crippen molar-refractivity contribution in [2.24, 2.45) is 0 Å². The minimum atomic E-state index is 0.107. The summed E-state index contributed by atoms with van der Waals surface area (Å²) >= 11 is 3.42. The molecule has 0 saturated carbocycles. The molecule has 0 fully saturated rings. The summed E-state index contributed by atoms with van der Waals surface area (Å²) in [6, 6.07) is 5.70. The Morgan fingerprint density at radius 2 is 2.00 bits per heavy atom. The summed E-state index contributed by atoms with van der Waals surface area (Å²) in [4.78, 5) is 13.8. The topological polar surface area (TPSA) is 20.3 Å². The average Bonchev–Trinajstić information content (AvgIpc) is 2.74. The van der Waals surface area contributed by atoms with Crippen molar-refractivity contribution in [3.05, 3.63) is 46.0 Å². The highest BCUT2D eigenvalue weighted by atomic mass is 79.9. The number of hydrogen-bond donors (Lipinski definition) is 0. The summed E-state index contributed by atoms with van der Waals surface area (Å²) in [7, 11) is 0. The molecule has 2 rings (SSSR count). The third-order valence-electron chi connectivity index (χ3n) is 2.51. The lowest BCUT2D eigenvalue weighted by Gasteiger charge is -2.15. The second-order valence-electron chi connectivity index (χ2n) is 3.65. The molecule has 0 bridgehead atoms. The lowest BCUT2D eigenvalue weighted by Crippen LogP contribution is -2.28. The number of rotatable bonds is 1. The van der Waals surface area contributed by atoms with Crippen LogP contribution < -0.4 is 0 Å². The van der Waals surface area contributed by atoms with E-state index in [9.17, 15) is 4.79 Å². The molecule has 2 nitrogen and oxygen atoms in total. The van der Waals surface area contributed by atoms with E-state index in [0.29, 0.717) is 0 Å². The van der Waals surface area contributed by atoms with Crippen LogP contribution in [0.1, 0.15) is 15.9 Å². The Kier molecular flexibility index (Phi) is 2.91. The van der Waals surface area contributed by atoms with Crippen molar-refractivity contribution in [1.82, 2.24) is 4.90 Å². The predicted octanol–water partition coefficient (Wildman–Crippen LogP) is 2.77. The Hall–Kier alpha value is -1.09. The molecule has 78 valence electrons. The summed E-state index contributed by atoms with van der Waals surface area (Å²) in [5, 5.41) is 0. The van der Waals surface area contributed by atoms with E-state index in [2.05, 4.69) is 15.9 Å². The molecule has 0 radical (unpaired) electrons. The van der Waals surface area contributed by atoms with E-state index >= 15 is 0 Å². The first-order chi connectivity index (χ1) is 7.18. The standard InChI is InChI=1S/C12H12BrNO/c1-9-8-10(4-5-11(9)13)12(15)14-6-2-3-7-14/h2-5,8H,6-7H2,1H3. The van der Waals surface area contributed by atoms with E-state index in [0.717, 1.165) is 28.7 Å². The molecule has 0 saturated heterocycles. The monoisotopic (exact) mass is 265 g/mol. The molecule has 1 aromatic rings. The van der Waals surface area contributed by atoms with Crippen LogP contribution in [0.3, 0.4) is 0 Å². The maximum atomic E-state index is 12.0. The number of nitrogens with zero attached hydrogens (tertiary/aromatic N) is 1. The molecule has 1 aliphatic heterocycles. The highest BCUT2D eigenvalue weighted by Gasteiger charge is 2.16. The summed E-state index contributed by atoms with van der Waals surface area (Å²) in [6.07, 6.45) is 4.03. The lowest BCUT2D eigenvalue weighted by atomic mass is 10.1. The van der Waals surface area contributed by atoms with Gasteiger partial charge in [0.2, 0.25) is 0 Å². The van der Waals surface area contributed by atoms with Crippen molar-refractivity contribution in [2.75, 3.05) is 13.1 Å². The number of aryl methyl sites for hydroxylation is 1. The fourth-order valence-electron chi connectivity index (χ4n) is 1.60. The van der Waals surface area contributed by atoms with E-state index in [1.165, 1.54) is 0 Å². The highest BCUT2D eigenvalue weighted by Crippen LogP contribution is 2.18. The van der Waals surface area contributed by atoms with Crippen LogP contribution in [0.2, 0.25) is 0 Å². The van der Waals surface area contributed by atoms with Gasteiger partial charge < -0.3 is 4.90 Å². The molecule has 0 aliphatic carbocycles. The quantitative estimate of drug-likeness (QED) is 0.716. The van der Waals surface area contributed by atoms with Crippen molar-refractivity contribution in [3.8, 4) is 0 Å². The van der Waals surface area contributed by atoms with E-state index in [1.807, 2.05) is 42.2 Å². The number of carbonyl (C=O) groups excluding carboxylic acids is 1. The van der Waals surface area contributed by atoms with Gasteiger partial charge in [-0.3, -0.25) is 4.79 Å². The van der Waals surface area contributed by atoms with Crippen molar-refractivity contribution >= 4 is 21.8 Å². The molecule has 0 N–H and O–H groups in total. The van der Waals surface area contributed by atoms with Gasteiger partial charge in [0.05, 0.1) is 0 Å². The van der Waals surface area contributed by atoms with Crippen molar-refractivity contribution in [2.45, 2.75) is 6.92 Å². The van der Waals surface area contributed by atoms with Crippen LogP contribution in [0.25, 0.3) is 0 Å². The van der Waals surface area contributed by atoms with Gasteiger partial charge in [-0.15, -0.1) is 0 Å². The second kappa shape index (κ2) is 4.19. The molecule has 0 spiro atoms. The first-order valence-electron chi connectivity index (χ1n) is 4.89. The molecule has 1 aromatic carbocycles. The largest absolute Gasteiger partial charge is 0.331 e. The molecular formula is C12H12BrNO. The smallest absolute Gasteiger partial charge is 0.254 e. The number of halogens is 1. The Labute approximate surface area is 97.7 Å². The predicted molar refractivity (Wildman–Crippen MR) is 63.9 cm³/mol. The van der Waals surface area contributed by atoms with Crippen molar-refractivity contribution in [1.29, 1.82) is 0 Å². The van der Waals surface area contributed by atoms with Crippen LogP contribution >= 0.6 is 15.9 Å². The molecule has 0 aromatic heterocycles. The second-order valence-corrected chi connectivity index (χ2v) is 4.50. The van der Waals surface area contributed by atoms with Crippen molar-refractivity contribution < 1.29 is 4.79 Å². The number of amides is 1. The summed E-state index contributed by atoms with van der Waals surface area (Å²) in [5.74, 6) is 0.107. The van der Waals surface area contributed by atoms with Gasteiger partial charge in [0.1, 0.15) is 0 Å². The van der Waals surface area contributed by atoms with Gasteiger partial charge >= 0.3 is 0 Å². The van der Waals surface area contributed by atoms with E-state index in [4.69, 9.17) is 0 Å². The zero-order chi connectivity index (χ0) is 10.8. The van der Waals surface area contributed by atoms with Crippen LogP contribution in [0.4, 0.5) is 0 Å². The van der Waals surface area contributed by atoms with Gasteiger partial charge in [0, 0.05) is 23.1 Å². The van der Waals surface area contributed by atoms with Crippen LogP contribution in [0, 0.1) is 6.92 Å². The molecule has 15 heavy (non-hydrogen) atoms. The fourth-order valence-corrected chi connectivity index (χ4v) is 1.85. The molecule has 3 heteroatoms. The summed E-state index contributed by atoms with van der Waals surface area (Å²) < 4.78 is 1.04. The highest BCUT2D eigenvalue weighted by molar-refractivity contribution is 9.10. The van der Waals surface area contributed by atoms with Crippen molar-refractivity contribution in [3.63, 3.8) is 0 Å². The fraction of sp³-hybridized carbons (Fsp3) is 0.250. The molecule has 1 aliphatic rings. The number of benzene rings is 1. The number of carbonyl (C=O) groups is 1. The Morgan fingerprint density at radius 1 is 1.33 bits per heavy atom. The van der Waals surface area contributed by atoms with E-state index < -0.39 is 0 Å².